The van der Waals surface area contributed by atoms with Gasteiger partial charge in [-0.3, -0.25) is 0 Å². The average molecular weight is 1110 g/mol. The molecule has 0 aliphatic carbocycles. The van der Waals surface area contributed by atoms with Crippen LogP contribution >= 0.6 is 0 Å². The van der Waals surface area contributed by atoms with Gasteiger partial charge in [0.2, 0.25) is 0 Å². The van der Waals surface area contributed by atoms with E-state index in [9.17, 15) is 0 Å². The number of hydrogen-bond donors (Lipinski definition) is 4. The predicted octanol–water partition coefficient (Wildman–Crippen LogP) is 14.7. The Morgan fingerprint density at radius 2 is 0.536 bits per heavy atom. The molecule has 0 radical (unpaired) electrons. The fourth-order valence-corrected chi connectivity index (χ4v) is 9.06. The first-order chi connectivity index (χ1) is 40.9. The van der Waals surface area contributed by atoms with Crippen molar-refractivity contribution in [1.29, 1.82) is 0 Å². The summed E-state index contributed by atoms with van der Waals surface area (Å²) in [6.45, 7) is 19.6. The van der Waals surface area contributed by atoms with Crippen LogP contribution in [0.1, 0.15) is 138 Å². The molecule has 0 fully saturated rings. The molecule has 16 bridgehead atoms. The van der Waals surface area contributed by atoms with Gasteiger partial charge in [-0.05, 0) is 230 Å². The third kappa shape index (κ3) is 14.6. The first kappa shape index (κ1) is 57.0. The van der Waals surface area contributed by atoms with Crippen LogP contribution in [0.15, 0.2) is 60.7 Å². The van der Waals surface area contributed by atoms with E-state index >= 15 is 0 Å². The molecule has 4 aliphatic rings. The van der Waals surface area contributed by atoms with E-state index in [0.717, 1.165) is 69.8 Å². The summed E-state index contributed by atoms with van der Waals surface area (Å²) in [6.07, 6.45) is 19.1. The standard InChI is InChI=1S/C72H66N8O4/c1-47(2)37-41-81-69-61-25-21-51(73-61)45-52-22-26-62(74-52)70(82-42-38-48(3)4)66-34-30-58(78-66)55(57-29-33-65(69)77-57)19-17-15-13-11-9-10-12-14-16-18-20-56-59-31-35-67(79-59)71(83-43-39-49(5)6)63-27-23-53(75-63)46-54-24-28-64(76-54)72(84-44-40-50(7)8)68-36-32-60(56)80-68/h21-36,45-50,73-76H,37-44H2,1-8H3. The zero-order chi connectivity index (χ0) is 58.4. The number of rotatable bonds is 16. The Morgan fingerprint density at radius 3 is 0.774 bits per heavy atom. The van der Waals surface area contributed by atoms with Gasteiger partial charge >= 0.3 is 0 Å². The van der Waals surface area contributed by atoms with Gasteiger partial charge in [-0.2, -0.15) is 0 Å². The SMILES string of the molecule is CC(C)CCOc1c2nc(c(C#CC#CC#CC#CC#CC#Cc3c4nc(c(OCCC(C)C)c5ccc(cc6ccc([nH]6)c(OCCC(C)C)c6nc3C=C6)[nH]5)C=C4)c3nc(c(OCCC(C)C)c4ccc(cc5ccc1[nH]5)[nH]4)C=C3)C=C2. The highest BCUT2D eigenvalue weighted by Crippen LogP contribution is 2.34. The largest absolute Gasteiger partial charge is 0.489 e. The molecule has 4 N–H and O–H groups in total. The molecule has 418 valence electrons. The molecule has 84 heavy (non-hydrogen) atoms. The molecule has 0 aromatic carbocycles. The van der Waals surface area contributed by atoms with Crippen LogP contribution in [-0.4, -0.2) is 66.3 Å². The number of fused-ring (bicyclic) bond motifs is 16. The maximum Gasteiger partial charge on any atom is 0.168 e. The van der Waals surface area contributed by atoms with E-state index in [0.29, 0.717) is 130 Å². The molecular weight excluding hydrogens is 1040 g/mol. The van der Waals surface area contributed by atoms with Crippen molar-refractivity contribution in [1.82, 2.24) is 39.9 Å². The van der Waals surface area contributed by atoms with E-state index in [1.807, 2.05) is 97.1 Å². The number of ether oxygens (including phenoxy) is 4. The number of aromatic amines is 4. The van der Waals surface area contributed by atoms with Gasteiger partial charge in [-0.1, -0.05) is 55.4 Å². The molecule has 0 spiro atoms. The summed E-state index contributed by atoms with van der Waals surface area (Å²) in [5, 5.41) is 0. The molecular formula is C72H66N8O4. The molecule has 12 heteroatoms. The summed E-state index contributed by atoms with van der Waals surface area (Å²) in [7, 11) is 0. The Labute approximate surface area is 491 Å². The molecule has 0 atom stereocenters. The lowest BCUT2D eigenvalue weighted by molar-refractivity contribution is 0.290. The van der Waals surface area contributed by atoms with Gasteiger partial charge in [-0.15, -0.1) is 0 Å². The highest BCUT2D eigenvalue weighted by Gasteiger charge is 2.19. The minimum Gasteiger partial charge on any atom is -0.489 e. The summed E-state index contributed by atoms with van der Waals surface area (Å²) in [5.74, 6) is 39.4. The lowest BCUT2D eigenvalue weighted by Gasteiger charge is -2.09. The van der Waals surface area contributed by atoms with Crippen molar-refractivity contribution in [2.24, 2.45) is 23.7 Å². The van der Waals surface area contributed by atoms with Crippen LogP contribution in [0, 0.1) is 94.7 Å². The molecule has 0 amide bonds. The fraction of sp³-hybridized carbons (Fsp3) is 0.278. The molecule has 6 aromatic heterocycles. The van der Waals surface area contributed by atoms with Gasteiger partial charge in [0.1, 0.15) is 22.8 Å². The van der Waals surface area contributed by atoms with Gasteiger partial charge in [0, 0.05) is 22.1 Å². The minimum absolute atomic E-state index is 0.469. The van der Waals surface area contributed by atoms with Gasteiger partial charge < -0.3 is 38.9 Å². The highest BCUT2D eigenvalue weighted by atomic mass is 16.5. The van der Waals surface area contributed by atoms with Crippen LogP contribution in [0.3, 0.4) is 0 Å². The van der Waals surface area contributed by atoms with Crippen LogP contribution in [0.5, 0.6) is 23.0 Å². The number of H-pyrrole nitrogens is 4. The Kier molecular flexibility index (Phi) is 18.3. The Morgan fingerprint density at radius 1 is 0.310 bits per heavy atom. The normalized spacial score (nSPS) is 11.6. The van der Waals surface area contributed by atoms with Crippen molar-refractivity contribution in [2.75, 3.05) is 26.4 Å². The Balaban J connectivity index is 0.979. The van der Waals surface area contributed by atoms with E-state index in [2.05, 4.69) is 159 Å². The van der Waals surface area contributed by atoms with E-state index < -0.39 is 0 Å². The Hall–Kier alpha value is -10.2. The van der Waals surface area contributed by atoms with Crippen molar-refractivity contribution in [3.05, 3.63) is 117 Å². The fourth-order valence-electron chi connectivity index (χ4n) is 9.06. The third-order valence-corrected chi connectivity index (χ3v) is 13.7. The Bertz CT molecular complexity index is 3900. The van der Waals surface area contributed by atoms with Crippen LogP contribution < -0.4 is 18.9 Å². The van der Waals surface area contributed by atoms with Crippen LogP contribution in [0.4, 0.5) is 0 Å². The summed E-state index contributed by atoms with van der Waals surface area (Å²) in [6, 6.07) is 20.3. The molecule has 0 unspecified atom stereocenters. The van der Waals surface area contributed by atoms with Gasteiger partial charge in [0.05, 0.1) is 82.4 Å². The first-order valence-electron chi connectivity index (χ1n) is 28.7. The number of nitrogens with zero attached hydrogens (tertiary/aromatic N) is 4. The summed E-state index contributed by atoms with van der Waals surface area (Å²) in [4.78, 5) is 34.5. The smallest absolute Gasteiger partial charge is 0.168 e. The minimum atomic E-state index is 0.469. The zero-order valence-corrected chi connectivity index (χ0v) is 48.8. The first-order valence-corrected chi connectivity index (χ1v) is 28.7. The van der Waals surface area contributed by atoms with Gasteiger partial charge in [0.15, 0.2) is 23.0 Å². The monoisotopic (exact) mass is 1110 g/mol. The lowest BCUT2D eigenvalue weighted by atomic mass is 10.1. The average Bonchev–Trinajstić information content (AvgIpc) is 3.12. The number of nitrogens with one attached hydrogen (secondary N) is 4. The predicted molar refractivity (Wildman–Crippen MR) is 342 cm³/mol. The zero-order valence-electron chi connectivity index (χ0n) is 48.8. The second-order valence-electron chi connectivity index (χ2n) is 22.2. The van der Waals surface area contributed by atoms with Crippen LogP contribution in [0.25, 0.3) is 92.7 Å². The van der Waals surface area contributed by atoms with Crippen molar-refractivity contribution in [3.63, 3.8) is 0 Å². The van der Waals surface area contributed by atoms with Crippen molar-refractivity contribution >= 4 is 92.7 Å². The van der Waals surface area contributed by atoms with Crippen molar-refractivity contribution in [3.8, 4) is 94.0 Å². The molecule has 12 nitrogen and oxygen atoms in total. The van der Waals surface area contributed by atoms with E-state index in [4.69, 9.17) is 38.9 Å². The third-order valence-electron chi connectivity index (χ3n) is 13.7. The topological polar surface area (TPSA) is 152 Å². The molecule has 10 rings (SSSR count). The van der Waals surface area contributed by atoms with Crippen LogP contribution in [-0.2, 0) is 0 Å². The lowest BCUT2D eigenvalue weighted by Crippen LogP contribution is -2.03. The van der Waals surface area contributed by atoms with E-state index in [1.54, 1.807) is 0 Å². The number of hydrogen-bond acceptors (Lipinski definition) is 8. The van der Waals surface area contributed by atoms with Gasteiger partial charge in [-0.25, -0.2) is 19.9 Å². The second kappa shape index (κ2) is 27.0. The molecule has 6 aromatic rings. The maximum absolute atomic E-state index is 6.48. The molecule has 0 saturated heterocycles. The summed E-state index contributed by atoms with van der Waals surface area (Å²) < 4.78 is 25.9. The quantitative estimate of drug-likeness (QED) is 0.0698. The van der Waals surface area contributed by atoms with E-state index in [-0.39, 0.29) is 0 Å². The summed E-state index contributed by atoms with van der Waals surface area (Å²) in [5.41, 5.74) is 13.2. The number of aromatic nitrogens is 8. The maximum atomic E-state index is 6.48. The molecule has 4 aliphatic heterocycles. The van der Waals surface area contributed by atoms with Crippen LogP contribution in [0.2, 0.25) is 0 Å². The van der Waals surface area contributed by atoms with Crippen molar-refractivity contribution in [2.45, 2.75) is 81.1 Å². The second-order valence-corrected chi connectivity index (χ2v) is 22.2. The molecule has 0 saturated carbocycles. The highest BCUT2D eigenvalue weighted by molar-refractivity contribution is 5.88. The van der Waals surface area contributed by atoms with E-state index in [1.165, 1.54) is 0 Å². The summed E-state index contributed by atoms with van der Waals surface area (Å²) >= 11 is 0. The van der Waals surface area contributed by atoms with Gasteiger partial charge in [0.25, 0.3) is 0 Å². The molecule has 10 heterocycles. The van der Waals surface area contributed by atoms with Crippen molar-refractivity contribution < 1.29 is 18.9 Å².